The Labute approximate surface area is 92.1 Å². The number of amides is 1. The van der Waals surface area contributed by atoms with Crippen molar-refractivity contribution in [3.8, 4) is 0 Å². The van der Waals surface area contributed by atoms with Crippen molar-refractivity contribution in [3.63, 3.8) is 0 Å². The second-order valence-electron chi connectivity index (χ2n) is 2.86. The van der Waals surface area contributed by atoms with E-state index in [1.54, 1.807) is 6.08 Å². The maximum atomic E-state index is 11.3. The predicted molar refractivity (Wildman–Crippen MR) is 62.7 cm³/mol. The molecule has 0 spiro atoms. The molecule has 0 heterocycles. The highest BCUT2D eigenvalue weighted by Gasteiger charge is 1.98. The van der Waals surface area contributed by atoms with E-state index in [0.717, 1.165) is 11.3 Å². The molecule has 0 aliphatic heterocycles. The highest BCUT2D eigenvalue weighted by atomic mass is 79.9. The molecule has 0 bridgehead atoms. The molecule has 0 saturated carbocycles. The summed E-state index contributed by atoms with van der Waals surface area (Å²) < 4.78 is 0. The molecule has 0 aliphatic carbocycles. The van der Waals surface area contributed by atoms with Crippen molar-refractivity contribution in [2.75, 3.05) is 10.6 Å². The summed E-state index contributed by atoms with van der Waals surface area (Å²) in [6.07, 6.45) is 3.27. The van der Waals surface area contributed by atoms with E-state index in [4.69, 9.17) is 0 Å². The summed E-state index contributed by atoms with van der Waals surface area (Å²) in [5, 5.41) is 3.49. The molecule has 0 saturated heterocycles. The van der Waals surface area contributed by atoms with Gasteiger partial charge < -0.3 is 5.32 Å². The molecule has 0 aromatic heterocycles. The van der Waals surface area contributed by atoms with Crippen LogP contribution in [0.3, 0.4) is 0 Å². The Hall–Kier alpha value is -1.09. The number of hydrogen-bond donors (Lipinski definition) is 1. The van der Waals surface area contributed by atoms with Gasteiger partial charge in [0.25, 0.3) is 0 Å². The number of aryl methyl sites for hydroxylation is 1. The third kappa shape index (κ3) is 3.34. The van der Waals surface area contributed by atoms with Crippen LogP contribution in [0.4, 0.5) is 5.69 Å². The van der Waals surface area contributed by atoms with Crippen LogP contribution in [-0.2, 0) is 4.79 Å². The molecule has 0 radical (unpaired) electrons. The molecular formula is C11H12BrNO. The van der Waals surface area contributed by atoms with Crippen molar-refractivity contribution < 1.29 is 4.79 Å². The van der Waals surface area contributed by atoms with E-state index < -0.39 is 0 Å². The van der Waals surface area contributed by atoms with E-state index in [-0.39, 0.29) is 5.91 Å². The van der Waals surface area contributed by atoms with Crippen molar-refractivity contribution in [2.24, 2.45) is 0 Å². The molecule has 0 atom stereocenters. The lowest BCUT2D eigenvalue weighted by molar-refractivity contribution is -0.111. The fourth-order valence-corrected chi connectivity index (χ4v) is 1.23. The lowest BCUT2D eigenvalue weighted by Crippen LogP contribution is -2.08. The molecule has 2 nitrogen and oxygen atoms in total. The van der Waals surface area contributed by atoms with Gasteiger partial charge in [-0.15, -0.1) is 0 Å². The van der Waals surface area contributed by atoms with Gasteiger partial charge in [0.15, 0.2) is 0 Å². The van der Waals surface area contributed by atoms with Gasteiger partial charge in [0.2, 0.25) is 5.91 Å². The number of para-hydroxylation sites is 1. The van der Waals surface area contributed by atoms with Crippen LogP contribution in [0, 0.1) is 6.92 Å². The minimum absolute atomic E-state index is 0.0984. The average Bonchev–Trinajstić information content (AvgIpc) is 2.18. The zero-order valence-electron chi connectivity index (χ0n) is 7.96. The SMILES string of the molecule is Cc1ccccc1NC(=O)/C=C/CBr. The van der Waals surface area contributed by atoms with Crippen LogP contribution in [0.5, 0.6) is 0 Å². The van der Waals surface area contributed by atoms with Crippen LogP contribution < -0.4 is 5.32 Å². The Morgan fingerprint density at radius 1 is 1.50 bits per heavy atom. The van der Waals surface area contributed by atoms with E-state index in [2.05, 4.69) is 21.2 Å². The van der Waals surface area contributed by atoms with Crippen LogP contribution in [0.2, 0.25) is 0 Å². The molecule has 74 valence electrons. The predicted octanol–water partition coefficient (Wildman–Crippen LogP) is 2.88. The molecular weight excluding hydrogens is 242 g/mol. The summed E-state index contributed by atoms with van der Waals surface area (Å²) in [5.74, 6) is -0.0984. The quantitative estimate of drug-likeness (QED) is 0.652. The monoisotopic (exact) mass is 253 g/mol. The topological polar surface area (TPSA) is 29.1 Å². The first-order chi connectivity index (χ1) is 6.74. The van der Waals surface area contributed by atoms with Gasteiger partial charge in [-0.3, -0.25) is 4.79 Å². The lowest BCUT2D eigenvalue weighted by atomic mass is 10.2. The van der Waals surface area contributed by atoms with Gasteiger partial charge in [-0.2, -0.15) is 0 Å². The van der Waals surface area contributed by atoms with Crippen LogP contribution in [-0.4, -0.2) is 11.2 Å². The molecule has 1 amide bonds. The van der Waals surface area contributed by atoms with Crippen molar-refractivity contribution in [3.05, 3.63) is 42.0 Å². The first-order valence-electron chi connectivity index (χ1n) is 4.33. The Balaban J connectivity index is 2.65. The van der Waals surface area contributed by atoms with Crippen molar-refractivity contribution in [2.45, 2.75) is 6.92 Å². The normalized spacial score (nSPS) is 10.4. The maximum Gasteiger partial charge on any atom is 0.248 e. The molecule has 0 unspecified atom stereocenters. The number of halogens is 1. The highest BCUT2D eigenvalue weighted by Crippen LogP contribution is 2.12. The van der Waals surface area contributed by atoms with Gasteiger partial charge in [-0.25, -0.2) is 0 Å². The van der Waals surface area contributed by atoms with Gasteiger partial charge in [-0.05, 0) is 18.6 Å². The second kappa shape index (κ2) is 5.60. The number of anilines is 1. The molecule has 1 N–H and O–H groups in total. The minimum Gasteiger partial charge on any atom is -0.322 e. The average molecular weight is 254 g/mol. The zero-order chi connectivity index (χ0) is 10.4. The summed E-state index contributed by atoms with van der Waals surface area (Å²) in [4.78, 5) is 11.3. The fourth-order valence-electron chi connectivity index (χ4n) is 1.04. The molecule has 1 rings (SSSR count). The Bertz CT molecular complexity index is 347. The smallest absolute Gasteiger partial charge is 0.248 e. The van der Waals surface area contributed by atoms with Crippen molar-refractivity contribution in [1.29, 1.82) is 0 Å². The molecule has 0 fully saturated rings. The first-order valence-corrected chi connectivity index (χ1v) is 5.45. The minimum atomic E-state index is -0.0984. The van der Waals surface area contributed by atoms with Crippen LogP contribution in [0.15, 0.2) is 36.4 Å². The molecule has 14 heavy (non-hydrogen) atoms. The van der Waals surface area contributed by atoms with Crippen LogP contribution in [0.1, 0.15) is 5.56 Å². The number of carbonyl (C=O) groups is 1. The number of allylic oxidation sites excluding steroid dienone is 1. The molecule has 1 aromatic carbocycles. The fraction of sp³-hybridized carbons (Fsp3) is 0.182. The van der Waals surface area contributed by atoms with E-state index in [0.29, 0.717) is 5.33 Å². The van der Waals surface area contributed by atoms with Crippen LogP contribution >= 0.6 is 15.9 Å². The standard InChI is InChI=1S/C11H12BrNO/c1-9-5-2-3-6-10(9)13-11(14)7-4-8-12/h2-7H,8H2,1H3,(H,13,14)/b7-4+. The number of nitrogens with one attached hydrogen (secondary N) is 1. The van der Waals surface area contributed by atoms with Gasteiger partial charge >= 0.3 is 0 Å². The van der Waals surface area contributed by atoms with E-state index in [1.165, 1.54) is 6.08 Å². The van der Waals surface area contributed by atoms with Gasteiger partial charge in [0.1, 0.15) is 0 Å². The van der Waals surface area contributed by atoms with Gasteiger partial charge in [0.05, 0.1) is 0 Å². The number of alkyl halides is 1. The summed E-state index contributed by atoms with van der Waals surface area (Å²) >= 11 is 3.21. The molecule has 1 aromatic rings. The first kappa shape index (κ1) is 11.0. The Morgan fingerprint density at radius 2 is 2.21 bits per heavy atom. The summed E-state index contributed by atoms with van der Waals surface area (Å²) in [6, 6.07) is 7.69. The van der Waals surface area contributed by atoms with Crippen molar-refractivity contribution >= 4 is 27.5 Å². The molecule has 0 aliphatic rings. The third-order valence-corrected chi connectivity index (χ3v) is 2.14. The Morgan fingerprint density at radius 3 is 2.86 bits per heavy atom. The third-order valence-electron chi connectivity index (χ3n) is 1.76. The summed E-state index contributed by atoms with van der Waals surface area (Å²) in [6.45, 7) is 1.96. The number of rotatable bonds is 3. The number of carbonyl (C=O) groups excluding carboxylic acids is 1. The van der Waals surface area contributed by atoms with Gasteiger partial charge in [0, 0.05) is 17.1 Å². The van der Waals surface area contributed by atoms with E-state index in [1.807, 2.05) is 31.2 Å². The summed E-state index contributed by atoms with van der Waals surface area (Å²) in [5.41, 5.74) is 1.92. The summed E-state index contributed by atoms with van der Waals surface area (Å²) in [7, 11) is 0. The van der Waals surface area contributed by atoms with Crippen molar-refractivity contribution in [1.82, 2.24) is 0 Å². The maximum absolute atomic E-state index is 11.3. The number of hydrogen-bond acceptors (Lipinski definition) is 1. The highest BCUT2D eigenvalue weighted by molar-refractivity contribution is 9.09. The number of benzene rings is 1. The Kier molecular flexibility index (Phi) is 4.40. The second-order valence-corrected chi connectivity index (χ2v) is 3.51. The lowest BCUT2D eigenvalue weighted by Gasteiger charge is -2.04. The van der Waals surface area contributed by atoms with Gasteiger partial charge in [-0.1, -0.05) is 40.2 Å². The van der Waals surface area contributed by atoms with E-state index in [9.17, 15) is 4.79 Å². The molecule has 3 heteroatoms. The zero-order valence-corrected chi connectivity index (χ0v) is 9.54. The van der Waals surface area contributed by atoms with E-state index >= 15 is 0 Å². The largest absolute Gasteiger partial charge is 0.322 e. The van der Waals surface area contributed by atoms with Crippen LogP contribution in [0.25, 0.3) is 0 Å².